The van der Waals surface area contributed by atoms with E-state index in [2.05, 4.69) is 4.98 Å². The average molecular weight is 641 g/mol. The third-order valence-corrected chi connectivity index (χ3v) is 9.25. The number of nitrogens with zero attached hydrogens (tertiary/aromatic N) is 2. The zero-order chi connectivity index (χ0) is 30.7. The van der Waals surface area contributed by atoms with Crippen molar-refractivity contribution in [1.82, 2.24) is 14.2 Å². The Morgan fingerprint density at radius 1 is 1.00 bits per heavy atom. The number of alkyl halides is 3. The summed E-state index contributed by atoms with van der Waals surface area (Å²) in [5.74, 6) is -0.628. The predicted octanol–water partition coefficient (Wildman–Crippen LogP) is 7.41. The maximum atomic E-state index is 13.8. The Morgan fingerprint density at radius 2 is 1.69 bits per heavy atom. The lowest BCUT2D eigenvalue weighted by molar-refractivity contribution is -0.137. The van der Waals surface area contributed by atoms with Crippen LogP contribution in [0.5, 0.6) is 0 Å². The number of amides is 1. The van der Waals surface area contributed by atoms with E-state index < -0.39 is 34.2 Å². The molecule has 0 bridgehead atoms. The van der Waals surface area contributed by atoms with E-state index in [1.807, 2.05) is 44.3 Å². The number of benzene rings is 3. The molecule has 4 aromatic rings. The summed E-state index contributed by atoms with van der Waals surface area (Å²) < 4.78 is 67.8. The Morgan fingerprint density at radius 3 is 2.36 bits per heavy atom. The Labute approximate surface area is 253 Å². The number of nitrogens with one attached hydrogen (secondary N) is 1. The van der Waals surface area contributed by atoms with Gasteiger partial charge >= 0.3 is 6.18 Å². The molecule has 224 valence electrons. The van der Waals surface area contributed by atoms with Gasteiger partial charge in [0.1, 0.15) is 4.90 Å². The van der Waals surface area contributed by atoms with Crippen LogP contribution in [0, 0.1) is 5.92 Å². The second-order valence-corrected chi connectivity index (χ2v) is 13.1. The van der Waals surface area contributed by atoms with Gasteiger partial charge < -0.3 is 9.88 Å². The number of carbonyl (C=O) groups excluding carboxylic acids is 1. The van der Waals surface area contributed by atoms with Gasteiger partial charge in [0, 0.05) is 41.8 Å². The van der Waals surface area contributed by atoms with Crippen molar-refractivity contribution in [3.05, 3.63) is 99.7 Å². The molecular formula is C30H30Cl2F3N3O3S. The van der Waals surface area contributed by atoms with Gasteiger partial charge in [-0.2, -0.15) is 17.5 Å². The largest absolute Gasteiger partial charge is 0.416 e. The molecule has 0 aliphatic heterocycles. The Balaban J connectivity index is 1.63. The fourth-order valence-electron chi connectivity index (χ4n) is 4.63. The molecule has 0 fully saturated rings. The van der Waals surface area contributed by atoms with Gasteiger partial charge in [-0.3, -0.25) is 4.79 Å². The lowest BCUT2D eigenvalue weighted by Crippen LogP contribution is -2.44. The highest BCUT2D eigenvalue weighted by molar-refractivity contribution is 7.89. The molecule has 12 heteroatoms. The van der Waals surface area contributed by atoms with E-state index >= 15 is 0 Å². The van der Waals surface area contributed by atoms with Gasteiger partial charge in [-0.05, 0) is 59.9 Å². The molecule has 3 aromatic carbocycles. The Bertz CT molecular complexity index is 1660. The molecule has 42 heavy (non-hydrogen) atoms. The number of aromatic nitrogens is 1. The van der Waals surface area contributed by atoms with E-state index in [1.54, 1.807) is 0 Å². The van der Waals surface area contributed by atoms with Gasteiger partial charge in [-0.1, -0.05) is 67.4 Å². The molecule has 0 atom stereocenters. The minimum Gasteiger partial charge on any atom is -0.361 e. The monoisotopic (exact) mass is 639 g/mol. The molecule has 0 aliphatic carbocycles. The molecule has 0 unspecified atom stereocenters. The van der Waals surface area contributed by atoms with Crippen LogP contribution in [0.4, 0.5) is 13.2 Å². The van der Waals surface area contributed by atoms with Crippen LogP contribution in [0.3, 0.4) is 0 Å². The molecule has 1 N–H and O–H groups in total. The summed E-state index contributed by atoms with van der Waals surface area (Å²) in [5.41, 5.74) is 1.57. The molecule has 1 aromatic heterocycles. The van der Waals surface area contributed by atoms with Crippen molar-refractivity contribution in [3.63, 3.8) is 0 Å². The number of H-pyrrole nitrogens is 1. The zero-order valence-electron chi connectivity index (χ0n) is 23.0. The first kappa shape index (κ1) is 31.9. The quantitative estimate of drug-likeness (QED) is 0.186. The van der Waals surface area contributed by atoms with E-state index in [4.69, 9.17) is 23.2 Å². The van der Waals surface area contributed by atoms with Crippen molar-refractivity contribution in [2.24, 2.45) is 5.92 Å². The molecule has 0 radical (unpaired) electrons. The van der Waals surface area contributed by atoms with Crippen LogP contribution in [0.2, 0.25) is 10.0 Å². The second kappa shape index (κ2) is 13.1. The molecular weight excluding hydrogens is 610 g/mol. The summed E-state index contributed by atoms with van der Waals surface area (Å²) in [4.78, 5) is 18.2. The van der Waals surface area contributed by atoms with E-state index in [1.165, 1.54) is 35.2 Å². The van der Waals surface area contributed by atoms with Crippen LogP contribution in [-0.2, 0) is 34.0 Å². The smallest absolute Gasteiger partial charge is 0.361 e. The first-order chi connectivity index (χ1) is 19.8. The number of sulfonamides is 1. The van der Waals surface area contributed by atoms with Crippen molar-refractivity contribution < 1.29 is 26.4 Å². The number of para-hydroxylation sites is 1. The standard InChI is InChI=1S/C30H30Cl2F3N3O3S/c1-20(2)17-38(42(40,41)28-15-24(31)11-12-26(28)32)19-29(39)37(18-21-7-9-23(10-8-21)30(33,34)35)14-13-22-16-36-27-6-4-3-5-25(22)27/h3-12,15-16,20,36H,13-14,17-19H2,1-2H3. The number of hydrogen-bond acceptors (Lipinski definition) is 3. The number of rotatable bonds is 11. The van der Waals surface area contributed by atoms with Gasteiger partial charge in [-0.25, -0.2) is 8.42 Å². The van der Waals surface area contributed by atoms with E-state index in [0.717, 1.165) is 32.9 Å². The number of aromatic amines is 1. The molecule has 1 amide bonds. The maximum absolute atomic E-state index is 13.8. The summed E-state index contributed by atoms with van der Waals surface area (Å²) >= 11 is 12.3. The van der Waals surface area contributed by atoms with Crippen molar-refractivity contribution in [1.29, 1.82) is 0 Å². The molecule has 0 aliphatic rings. The number of fused-ring (bicyclic) bond motifs is 1. The normalized spacial score (nSPS) is 12.4. The van der Waals surface area contributed by atoms with Crippen LogP contribution in [-0.4, -0.2) is 48.1 Å². The van der Waals surface area contributed by atoms with Crippen molar-refractivity contribution in [3.8, 4) is 0 Å². The highest BCUT2D eigenvalue weighted by atomic mass is 35.5. The average Bonchev–Trinajstić information content (AvgIpc) is 3.34. The maximum Gasteiger partial charge on any atom is 0.416 e. The van der Waals surface area contributed by atoms with Crippen LogP contribution >= 0.6 is 23.2 Å². The van der Waals surface area contributed by atoms with E-state index in [0.29, 0.717) is 12.0 Å². The lowest BCUT2D eigenvalue weighted by atomic mass is 10.1. The second-order valence-electron chi connectivity index (χ2n) is 10.4. The highest BCUT2D eigenvalue weighted by Gasteiger charge is 2.32. The van der Waals surface area contributed by atoms with E-state index in [-0.39, 0.29) is 40.5 Å². The lowest BCUT2D eigenvalue weighted by Gasteiger charge is -2.28. The van der Waals surface area contributed by atoms with Crippen LogP contribution < -0.4 is 0 Å². The minimum absolute atomic E-state index is 0.00713. The topological polar surface area (TPSA) is 73.5 Å². The van der Waals surface area contributed by atoms with Crippen LogP contribution in [0.25, 0.3) is 10.9 Å². The molecule has 4 rings (SSSR count). The van der Waals surface area contributed by atoms with Gasteiger partial charge in [0.25, 0.3) is 0 Å². The van der Waals surface area contributed by atoms with Gasteiger partial charge in [0.15, 0.2) is 0 Å². The Kier molecular flexibility index (Phi) is 9.92. The van der Waals surface area contributed by atoms with Crippen molar-refractivity contribution in [2.75, 3.05) is 19.6 Å². The van der Waals surface area contributed by atoms with Crippen molar-refractivity contribution >= 4 is 50.0 Å². The molecule has 0 saturated carbocycles. The zero-order valence-corrected chi connectivity index (χ0v) is 25.3. The molecule has 1 heterocycles. The van der Waals surface area contributed by atoms with E-state index in [9.17, 15) is 26.4 Å². The third kappa shape index (κ3) is 7.66. The summed E-state index contributed by atoms with van der Waals surface area (Å²) in [5, 5.41) is 1.14. The molecule has 0 saturated heterocycles. The fourth-order valence-corrected chi connectivity index (χ4v) is 6.92. The minimum atomic E-state index is -4.49. The third-order valence-electron chi connectivity index (χ3n) is 6.72. The predicted molar refractivity (Wildman–Crippen MR) is 159 cm³/mol. The molecule has 0 spiro atoms. The molecule has 6 nitrogen and oxygen atoms in total. The SMILES string of the molecule is CC(C)CN(CC(=O)N(CCc1c[nH]c2ccccc12)Cc1ccc(C(F)(F)F)cc1)S(=O)(=O)c1cc(Cl)ccc1Cl. The number of hydrogen-bond donors (Lipinski definition) is 1. The summed E-state index contributed by atoms with van der Waals surface area (Å²) in [7, 11) is -4.22. The summed E-state index contributed by atoms with van der Waals surface area (Å²) in [6.45, 7) is 3.39. The highest BCUT2D eigenvalue weighted by Crippen LogP contribution is 2.30. The first-order valence-electron chi connectivity index (χ1n) is 13.2. The Hall–Kier alpha value is -3.05. The number of carbonyl (C=O) groups is 1. The number of halogens is 5. The van der Waals surface area contributed by atoms with Gasteiger partial charge in [0.05, 0.1) is 17.1 Å². The van der Waals surface area contributed by atoms with Gasteiger partial charge in [0.2, 0.25) is 15.9 Å². The van der Waals surface area contributed by atoms with Crippen LogP contribution in [0.1, 0.15) is 30.5 Å². The summed E-state index contributed by atoms with van der Waals surface area (Å²) in [6.07, 6.45) is -2.20. The summed E-state index contributed by atoms with van der Waals surface area (Å²) in [6, 6.07) is 16.4. The first-order valence-corrected chi connectivity index (χ1v) is 15.4. The fraction of sp³-hybridized carbons (Fsp3) is 0.300. The van der Waals surface area contributed by atoms with Crippen LogP contribution in [0.15, 0.2) is 77.8 Å². The van der Waals surface area contributed by atoms with Gasteiger partial charge in [-0.15, -0.1) is 0 Å². The van der Waals surface area contributed by atoms with Crippen molar-refractivity contribution in [2.45, 2.75) is 37.9 Å².